The summed E-state index contributed by atoms with van der Waals surface area (Å²) in [4.78, 5) is 13.5. The summed E-state index contributed by atoms with van der Waals surface area (Å²) in [5.74, 6) is 0. The zero-order valence-electron chi connectivity index (χ0n) is 7.92. The van der Waals surface area contributed by atoms with Crippen LogP contribution < -0.4 is 0 Å². The average molecular weight is 250 g/mol. The Balaban J connectivity index is 3.67. The van der Waals surface area contributed by atoms with Crippen LogP contribution in [0.2, 0.25) is 0 Å². The third-order valence-corrected chi connectivity index (χ3v) is 1.91. The largest absolute Gasteiger partial charge is 0.418 e. The minimum atomic E-state index is -5.06. The summed E-state index contributed by atoms with van der Waals surface area (Å²) in [6.45, 7) is 0. The minimum Gasteiger partial charge on any atom is -0.298 e. The molecular formula is C9H3F5N2O. The van der Waals surface area contributed by atoms with Gasteiger partial charge in [0.2, 0.25) is 0 Å². The molecule has 0 aliphatic carbocycles. The third-order valence-electron chi connectivity index (χ3n) is 1.91. The molecule has 0 amide bonds. The Labute approximate surface area is 91.5 Å². The molecule has 0 saturated heterocycles. The number of carbonyl (C=O) groups excluding carboxylic acids is 1. The molecule has 17 heavy (non-hydrogen) atoms. The highest BCUT2D eigenvalue weighted by molar-refractivity contribution is 5.81. The highest BCUT2D eigenvalue weighted by atomic mass is 19.4. The first-order chi connectivity index (χ1) is 7.82. The molecule has 90 valence electrons. The first kappa shape index (κ1) is 13.0. The summed E-state index contributed by atoms with van der Waals surface area (Å²) in [7, 11) is 0. The van der Waals surface area contributed by atoms with Gasteiger partial charge in [-0.1, -0.05) is 0 Å². The summed E-state index contributed by atoms with van der Waals surface area (Å²) in [5.41, 5.74) is -5.02. The second-order valence-electron chi connectivity index (χ2n) is 2.88. The van der Waals surface area contributed by atoms with Crippen LogP contribution in [0.1, 0.15) is 33.6 Å². The van der Waals surface area contributed by atoms with Gasteiger partial charge in [-0.2, -0.15) is 18.4 Å². The van der Waals surface area contributed by atoms with E-state index in [2.05, 4.69) is 4.98 Å². The molecule has 1 aromatic heterocycles. The lowest BCUT2D eigenvalue weighted by molar-refractivity contribution is -0.139. The van der Waals surface area contributed by atoms with Crippen LogP contribution in [-0.2, 0) is 6.18 Å². The number of aromatic nitrogens is 1. The van der Waals surface area contributed by atoms with E-state index >= 15 is 0 Å². The molecule has 0 atom stereocenters. The molecule has 0 saturated carbocycles. The minimum absolute atomic E-state index is 0.118. The number of nitriles is 1. The lowest BCUT2D eigenvalue weighted by Crippen LogP contribution is -2.14. The van der Waals surface area contributed by atoms with Crippen molar-refractivity contribution in [1.82, 2.24) is 4.98 Å². The van der Waals surface area contributed by atoms with Crippen molar-refractivity contribution in [3.63, 3.8) is 0 Å². The Morgan fingerprint density at radius 2 is 2.00 bits per heavy atom. The first-order valence-corrected chi connectivity index (χ1v) is 4.06. The number of carbonyl (C=O) groups is 1. The Morgan fingerprint density at radius 1 is 1.41 bits per heavy atom. The van der Waals surface area contributed by atoms with Crippen molar-refractivity contribution in [3.8, 4) is 6.07 Å². The zero-order chi connectivity index (χ0) is 13.2. The van der Waals surface area contributed by atoms with Gasteiger partial charge in [0.25, 0.3) is 6.43 Å². The molecule has 0 fully saturated rings. The van der Waals surface area contributed by atoms with E-state index in [0.717, 1.165) is 0 Å². The van der Waals surface area contributed by atoms with Gasteiger partial charge in [-0.3, -0.25) is 4.79 Å². The SMILES string of the molecule is N#Cc1ncc(C(F)(F)F)c(C(F)F)c1C=O. The van der Waals surface area contributed by atoms with Gasteiger partial charge in [0.05, 0.1) is 11.1 Å². The maximum absolute atomic E-state index is 12.5. The number of hydrogen-bond donors (Lipinski definition) is 0. The quantitative estimate of drug-likeness (QED) is 0.599. The zero-order valence-corrected chi connectivity index (χ0v) is 7.92. The summed E-state index contributed by atoms with van der Waals surface area (Å²) in [5, 5.41) is 8.45. The topological polar surface area (TPSA) is 53.8 Å². The molecule has 0 spiro atoms. The van der Waals surface area contributed by atoms with E-state index in [0.29, 0.717) is 0 Å². The Morgan fingerprint density at radius 3 is 2.35 bits per heavy atom. The maximum atomic E-state index is 12.5. The van der Waals surface area contributed by atoms with E-state index in [1.54, 1.807) is 0 Å². The predicted molar refractivity (Wildman–Crippen MR) is 44.3 cm³/mol. The van der Waals surface area contributed by atoms with Crippen molar-refractivity contribution in [1.29, 1.82) is 5.26 Å². The lowest BCUT2D eigenvalue weighted by Gasteiger charge is -2.13. The molecule has 3 nitrogen and oxygen atoms in total. The molecule has 0 unspecified atom stereocenters. The van der Waals surface area contributed by atoms with Crippen LogP contribution in [-0.4, -0.2) is 11.3 Å². The normalized spacial score (nSPS) is 11.4. The number of nitrogens with zero attached hydrogens (tertiary/aromatic N) is 2. The van der Waals surface area contributed by atoms with Crippen molar-refractivity contribution in [3.05, 3.63) is 28.6 Å². The average Bonchev–Trinajstić information content (AvgIpc) is 2.25. The van der Waals surface area contributed by atoms with Gasteiger partial charge in [0.1, 0.15) is 6.07 Å². The highest BCUT2D eigenvalue weighted by Crippen LogP contribution is 2.37. The summed E-state index contributed by atoms with van der Waals surface area (Å²) < 4.78 is 62.2. The Kier molecular flexibility index (Phi) is 3.41. The highest BCUT2D eigenvalue weighted by Gasteiger charge is 2.38. The van der Waals surface area contributed by atoms with Crippen LogP contribution in [0, 0.1) is 11.3 Å². The molecular weight excluding hydrogens is 247 g/mol. The Bertz CT molecular complexity index is 489. The standard InChI is InChI=1S/C9H3F5N2O/c10-8(11)7-4(3-17)6(1-15)16-2-5(7)9(12,13)14/h2-3,8H. The van der Waals surface area contributed by atoms with Gasteiger partial charge in [-0.15, -0.1) is 0 Å². The van der Waals surface area contributed by atoms with Crippen LogP contribution in [0.25, 0.3) is 0 Å². The molecule has 0 aliphatic heterocycles. The van der Waals surface area contributed by atoms with Crippen LogP contribution in [0.4, 0.5) is 22.0 Å². The smallest absolute Gasteiger partial charge is 0.298 e. The molecule has 1 aromatic rings. The van der Waals surface area contributed by atoms with Gasteiger partial charge >= 0.3 is 6.18 Å². The van der Waals surface area contributed by atoms with Gasteiger partial charge in [-0.05, 0) is 0 Å². The fraction of sp³-hybridized carbons (Fsp3) is 0.222. The van der Waals surface area contributed by atoms with Crippen LogP contribution in [0.5, 0.6) is 0 Å². The van der Waals surface area contributed by atoms with Gasteiger partial charge in [0, 0.05) is 11.8 Å². The van der Waals surface area contributed by atoms with Crippen LogP contribution in [0.15, 0.2) is 6.20 Å². The van der Waals surface area contributed by atoms with Crippen molar-refractivity contribution >= 4 is 6.29 Å². The van der Waals surface area contributed by atoms with Crippen molar-refractivity contribution in [2.75, 3.05) is 0 Å². The number of alkyl halides is 5. The predicted octanol–water partition coefficient (Wildman–Crippen LogP) is 2.72. The number of aldehydes is 1. The molecule has 0 bridgehead atoms. The third kappa shape index (κ3) is 2.38. The number of pyridine rings is 1. The van der Waals surface area contributed by atoms with Crippen LogP contribution >= 0.6 is 0 Å². The second-order valence-corrected chi connectivity index (χ2v) is 2.88. The van der Waals surface area contributed by atoms with Gasteiger partial charge < -0.3 is 0 Å². The summed E-state index contributed by atoms with van der Waals surface area (Å²) in [6, 6.07) is 1.28. The first-order valence-electron chi connectivity index (χ1n) is 4.06. The molecule has 1 rings (SSSR count). The fourth-order valence-corrected chi connectivity index (χ4v) is 1.21. The summed E-state index contributed by atoms with van der Waals surface area (Å²) >= 11 is 0. The van der Waals surface area contributed by atoms with Crippen molar-refractivity contribution in [2.45, 2.75) is 12.6 Å². The fourth-order valence-electron chi connectivity index (χ4n) is 1.21. The van der Waals surface area contributed by atoms with E-state index in [1.165, 1.54) is 6.07 Å². The molecule has 0 aromatic carbocycles. The van der Waals surface area contributed by atoms with Gasteiger partial charge in [-0.25, -0.2) is 13.8 Å². The maximum Gasteiger partial charge on any atom is 0.418 e. The van der Waals surface area contributed by atoms with Gasteiger partial charge in [0.15, 0.2) is 12.0 Å². The van der Waals surface area contributed by atoms with Crippen molar-refractivity contribution < 1.29 is 26.7 Å². The number of rotatable bonds is 2. The van der Waals surface area contributed by atoms with E-state index < -0.39 is 35.0 Å². The lowest BCUT2D eigenvalue weighted by atomic mass is 10.0. The van der Waals surface area contributed by atoms with E-state index in [4.69, 9.17) is 5.26 Å². The van der Waals surface area contributed by atoms with E-state index in [-0.39, 0.29) is 12.5 Å². The van der Waals surface area contributed by atoms with E-state index in [1.807, 2.05) is 0 Å². The Hall–Kier alpha value is -2.04. The monoisotopic (exact) mass is 250 g/mol. The second kappa shape index (κ2) is 4.45. The molecule has 0 radical (unpaired) electrons. The molecule has 8 heteroatoms. The van der Waals surface area contributed by atoms with Crippen molar-refractivity contribution in [2.24, 2.45) is 0 Å². The van der Waals surface area contributed by atoms with Crippen LogP contribution in [0.3, 0.4) is 0 Å². The molecule has 0 N–H and O–H groups in total. The number of halogens is 5. The molecule has 0 aliphatic rings. The summed E-state index contributed by atoms with van der Waals surface area (Å²) in [6.07, 6.45) is -8.71. The molecule has 1 heterocycles. The number of hydrogen-bond acceptors (Lipinski definition) is 3. The van der Waals surface area contributed by atoms with E-state index in [9.17, 15) is 26.7 Å².